The number of non-ortho nitro benzene ring substituents is 2. The van der Waals surface area contributed by atoms with Gasteiger partial charge >= 0.3 is 0 Å². The molecule has 4 aromatic rings. The second-order valence-corrected chi connectivity index (χ2v) is 9.69. The second-order valence-electron chi connectivity index (χ2n) is 9.69. The number of carbonyl (C=O) groups excluding carboxylic acids is 1. The first-order chi connectivity index (χ1) is 18.9. The fourth-order valence-corrected chi connectivity index (χ4v) is 5.39. The van der Waals surface area contributed by atoms with Crippen LogP contribution in [0.1, 0.15) is 36.0 Å². The van der Waals surface area contributed by atoms with Gasteiger partial charge in [0.05, 0.1) is 9.85 Å². The predicted octanol–water partition coefficient (Wildman–Crippen LogP) is 5.42. The highest BCUT2D eigenvalue weighted by atomic mass is 16.6. The minimum atomic E-state index is -0.422. The lowest BCUT2D eigenvalue weighted by atomic mass is 9.87. The number of nitrogens with zero attached hydrogens (tertiary/aromatic N) is 4. The average Bonchev–Trinajstić information content (AvgIpc) is 3.40. The van der Waals surface area contributed by atoms with Crippen molar-refractivity contribution in [2.24, 2.45) is 0 Å². The standard InChI is InChI=1S/C29H29N5O5/c1-2-20-5-4-8-25-27(19-30-29(20)25)26(21-6-3-7-24(17-21)34(38)39)18-28(35)32-15-13-31(14-16-32)22-9-11-23(12-10-22)33(36)37/h3-12,17,19,26,30H,2,13-16,18H2,1H3/t26-/m1/s1. The number of carbonyl (C=O) groups is 1. The number of H-pyrrole nitrogens is 1. The highest BCUT2D eigenvalue weighted by Gasteiger charge is 2.28. The molecule has 0 aliphatic carbocycles. The number of benzene rings is 3. The summed E-state index contributed by atoms with van der Waals surface area (Å²) in [6.07, 6.45) is 2.96. The van der Waals surface area contributed by atoms with Crippen LogP contribution in [0.5, 0.6) is 0 Å². The zero-order valence-corrected chi connectivity index (χ0v) is 21.6. The van der Waals surface area contributed by atoms with Gasteiger partial charge in [-0.2, -0.15) is 0 Å². The predicted molar refractivity (Wildman–Crippen MR) is 149 cm³/mol. The quantitative estimate of drug-likeness (QED) is 0.241. The molecule has 0 bridgehead atoms. The smallest absolute Gasteiger partial charge is 0.269 e. The molecule has 0 radical (unpaired) electrons. The Morgan fingerprint density at radius 1 is 0.923 bits per heavy atom. The Hall–Kier alpha value is -4.73. The molecule has 10 heteroatoms. The minimum absolute atomic E-state index is 0.00394. The van der Waals surface area contributed by atoms with Crippen molar-refractivity contribution in [1.29, 1.82) is 0 Å². The monoisotopic (exact) mass is 527 g/mol. The molecule has 39 heavy (non-hydrogen) atoms. The third kappa shape index (κ3) is 5.31. The Labute approximate surface area is 225 Å². The molecule has 1 N–H and O–H groups in total. The van der Waals surface area contributed by atoms with E-state index in [0.717, 1.165) is 34.1 Å². The van der Waals surface area contributed by atoms with Crippen molar-refractivity contribution in [2.45, 2.75) is 25.7 Å². The molecule has 1 atom stereocenters. The summed E-state index contributed by atoms with van der Waals surface area (Å²) in [5, 5.41) is 23.5. The van der Waals surface area contributed by atoms with Crippen molar-refractivity contribution in [1.82, 2.24) is 9.88 Å². The molecule has 1 saturated heterocycles. The molecule has 5 rings (SSSR count). The van der Waals surface area contributed by atoms with Crippen LogP contribution < -0.4 is 4.90 Å². The number of aromatic amines is 1. The molecule has 2 heterocycles. The second kappa shape index (κ2) is 10.9. The maximum absolute atomic E-state index is 13.6. The van der Waals surface area contributed by atoms with Crippen LogP contribution in [0.15, 0.2) is 72.9 Å². The maximum Gasteiger partial charge on any atom is 0.269 e. The van der Waals surface area contributed by atoms with Crippen molar-refractivity contribution in [3.8, 4) is 0 Å². The Bertz CT molecular complexity index is 1520. The molecule has 1 amide bonds. The van der Waals surface area contributed by atoms with Crippen LogP contribution in [0, 0.1) is 20.2 Å². The van der Waals surface area contributed by atoms with Crippen molar-refractivity contribution in [3.05, 3.63) is 110 Å². The van der Waals surface area contributed by atoms with Gasteiger partial charge in [-0.15, -0.1) is 0 Å². The topological polar surface area (TPSA) is 126 Å². The summed E-state index contributed by atoms with van der Waals surface area (Å²) >= 11 is 0. The van der Waals surface area contributed by atoms with Gasteiger partial charge in [0, 0.05) is 85.6 Å². The molecule has 0 saturated carbocycles. The van der Waals surface area contributed by atoms with Crippen LogP contribution >= 0.6 is 0 Å². The Morgan fingerprint density at radius 2 is 1.62 bits per heavy atom. The van der Waals surface area contributed by atoms with E-state index in [4.69, 9.17) is 0 Å². The SMILES string of the molecule is CCc1cccc2c([C@H](CC(=O)N3CCN(c4ccc([N+](=O)[O-])cc4)CC3)c3cccc([N+](=O)[O-])c3)c[nH]c12. The fraction of sp³-hybridized carbons (Fsp3) is 0.276. The lowest BCUT2D eigenvalue weighted by molar-refractivity contribution is -0.385. The summed E-state index contributed by atoms with van der Waals surface area (Å²) in [6, 6.07) is 19.1. The van der Waals surface area contributed by atoms with E-state index in [2.05, 4.69) is 22.9 Å². The van der Waals surface area contributed by atoms with Crippen molar-refractivity contribution >= 4 is 33.9 Å². The Kier molecular flexibility index (Phi) is 7.27. The zero-order valence-electron chi connectivity index (χ0n) is 21.6. The van der Waals surface area contributed by atoms with Gasteiger partial charge in [0.25, 0.3) is 11.4 Å². The third-order valence-corrected chi connectivity index (χ3v) is 7.51. The summed E-state index contributed by atoms with van der Waals surface area (Å²) in [5.74, 6) is -0.373. The summed E-state index contributed by atoms with van der Waals surface area (Å²) in [7, 11) is 0. The summed E-state index contributed by atoms with van der Waals surface area (Å²) in [4.78, 5) is 42.6. The fourth-order valence-electron chi connectivity index (χ4n) is 5.39. The highest BCUT2D eigenvalue weighted by molar-refractivity contribution is 5.88. The molecule has 3 aromatic carbocycles. The molecule has 1 aromatic heterocycles. The van der Waals surface area contributed by atoms with Gasteiger partial charge in [-0.05, 0) is 35.2 Å². The molecule has 1 aliphatic heterocycles. The number of piperazine rings is 1. The summed E-state index contributed by atoms with van der Waals surface area (Å²) in [5.41, 5.74) is 4.79. The number of hydrogen-bond donors (Lipinski definition) is 1. The molecule has 1 fully saturated rings. The van der Waals surface area contributed by atoms with E-state index in [1.165, 1.54) is 23.8 Å². The van der Waals surface area contributed by atoms with Crippen LogP contribution in [-0.2, 0) is 11.2 Å². The third-order valence-electron chi connectivity index (χ3n) is 7.51. The summed E-state index contributed by atoms with van der Waals surface area (Å²) < 4.78 is 0. The lowest BCUT2D eigenvalue weighted by Gasteiger charge is -2.36. The number of fused-ring (bicyclic) bond motifs is 1. The van der Waals surface area contributed by atoms with Crippen LogP contribution in [0.2, 0.25) is 0 Å². The number of nitro groups is 2. The molecule has 10 nitrogen and oxygen atoms in total. The van der Waals surface area contributed by atoms with Gasteiger partial charge in [0.15, 0.2) is 0 Å². The lowest BCUT2D eigenvalue weighted by Crippen LogP contribution is -2.49. The largest absolute Gasteiger partial charge is 0.368 e. The van der Waals surface area contributed by atoms with E-state index in [0.29, 0.717) is 26.2 Å². The Balaban J connectivity index is 1.38. The van der Waals surface area contributed by atoms with Crippen LogP contribution in [0.3, 0.4) is 0 Å². The number of nitro benzene ring substituents is 2. The van der Waals surface area contributed by atoms with Crippen LogP contribution in [0.25, 0.3) is 10.9 Å². The summed E-state index contributed by atoms with van der Waals surface area (Å²) in [6.45, 7) is 4.35. The Morgan fingerprint density at radius 3 is 2.28 bits per heavy atom. The number of rotatable bonds is 8. The van der Waals surface area contributed by atoms with Crippen LogP contribution in [-0.4, -0.2) is 51.8 Å². The van der Waals surface area contributed by atoms with E-state index >= 15 is 0 Å². The number of amides is 1. The first kappa shape index (κ1) is 25.9. The van der Waals surface area contributed by atoms with Crippen molar-refractivity contribution in [2.75, 3.05) is 31.1 Å². The van der Waals surface area contributed by atoms with Gasteiger partial charge < -0.3 is 14.8 Å². The molecule has 0 spiro atoms. The van der Waals surface area contributed by atoms with Gasteiger partial charge in [-0.1, -0.05) is 37.3 Å². The number of aromatic nitrogens is 1. The van der Waals surface area contributed by atoms with Crippen molar-refractivity contribution in [3.63, 3.8) is 0 Å². The normalized spacial score (nSPS) is 14.4. The molecular weight excluding hydrogens is 498 g/mol. The highest BCUT2D eigenvalue weighted by Crippen LogP contribution is 2.36. The van der Waals surface area contributed by atoms with E-state index in [-0.39, 0.29) is 29.6 Å². The number of hydrogen-bond acceptors (Lipinski definition) is 6. The van der Waals surface area contributed by atoms with E-state index in [1.807, 2.05) is 29.3 Å². The molecule has 200 valence electrons. The van der Waals surface area contributed by atoms with Gasteiger partial charge in [0.1, 0.15) is 0 Å². The van der Waals surface area contributed by atoms with Gasteiger partial charge in [-0.3, -0.25) is 25.0 Å². The van der Waals surface area contributed by atoms with E-state index < -0.39 is 9.85 Å². The van der Waals surface area contributed by atoms with E-state index in [9.17, 15) is 25.0 Å². The minimum Gasteiger partial charge on any atom is -0.368 e. The number of nitrogens with one attached hydrogen (secondary N) is 1. The van der Waals surface area contributed by atoms with Gasteiger partial charge in [0.2, 0.25) is 5.91 Å². The van der Waals surface area contributed by atoms with Crippen molar-refractivity contribution < 1.29 is 14.6 Å². The van der Waals surface area contributed by atoms with Crippen LogP contribution in [0.4, 0.5) is 17.1 Å². The first-order valence-corrected chi connectivity index (χ1v) is 13.0. The van der Waals surface area contributed by atoms with E-state index in [1.54, 1.807) is 24.3 Å². The zero-order chi connectivity index (χ0) is 27.5. The molecule has 1 aliphatic rings. The number of anilines is 1. The first-order valence-electron chi connectivity index (χ1n) is 13.0. The van der Waals surface area contributed by atoms with Gasteiger partial charge in [-0.25, -0.2) is 0 Å². The number of para-hydroxylation sites is 1. The molecular formula is C29H29N5O5. The molecule has 0 unspecified atom stereocenters. The number of aryl methyl sites for hydroxylation is 1. The average molecular weight is 528 g/mol. The maximum atomic E-state index is 13.6.